The number of nitrogens with zero attached hydrogens (tertiary/aromatic N) is 1. The van der Waals surface area contributed by atoms with E-state index in [-0.39, 0.29) is 17.3 Å². The monoisotopic (exact) mass is 325 g/mol. The van der Waals surface area contributed by atoms with Crippen molar-refractivity contribution in [1.29, 1.82) is 0 Å². The molecule has 0 saturated heterocycles. The molecular weight excluding hydrogens is 313 g/mol. The SMILES string of the molecule is Cc1cc(C)c(Oc2cccc(Cl)c2CCl)c([N+](=O)[O-])c1. The highest BCUT2D eigenvalue weighted by Gasteiger charge is 2.20. The van der Waals surface area contributed by atoms with Crippen LogP contribution in [-0.2, 0) is 5.88 Å². The first-order valence-electron chi connectivity index (χ1n) is 6.21. The third-order valence-electron chi connectivity index (χ3n) is 3.02. The Bertz CT molecular complexity index is 702. The predicted molar refractivity (Wildman–Crippen MR) is 83.7 cm³/mol. The third-order valence-corrected chi connectivity index (χ3v) is 3.64. The Morgan fingerprint density at radius 3 is 2.62 bits per heavy atom. The van der Waals surface area contributed by atoms with Crippen LogP contribution in [-0.4, -0.2) is 4.92 Å². The second-order valence-corrected chi connectivity index (χ2v) is 5.31. The highest BCUT2D eigenvalue weighted by Crippen LogP contribution is 2.38. The normalized spacial score (nSPS) is 10.5. The molecule has 6 heteroatoms. The molecule has 0 atom stereocenters. The highest BCUT2D eigenvalue weighted by atomic mass is 35.5. The first kappa shape index (κ1) is 15.6. The van der Waals surface area contributed by atoms with Crippen molar-refractivity contribution in [3.8, 4) is 11.5 Å². The van der Waals surface area contributed by atoms with Crippen molar-refractivity contribution in [2.45, 2.75) is 19.7 Å². The number of aryl methyl sites for hydroxylation is 2. The number of hydrogen-bond donors (Lipinski definition) is 0. The van der Waals surface area contributed by atoms with E-state index in [0.29, 0.717) is 21.9 Å². The minimum Gasteiger partial charge on any atom is -0.449 e. The van der Waals surface area contributed by atoms with Crippen LogP contribution in [0.5, 0.6) is 11.5 Å². The summed E-state index contributed by atoms with van der Waals surface area (Å²) < 4.78 is 5.75. The summed E-state index contributed by atoms with van der Waals surface area (Å²) in [5, 5.41) is 11.7. The number of ether oxygens (including phenoxy) is 1. The molecule has 0 spiro atoms. The van der Waals surface area contributed by atoms with Gasteiger partial charge in [-0.3, -0.25) is 10.1 Å². The molecule has 0 aliphatic heterocycles. The molecule has 0 heterocycles. The molecule has 0 aliphatic rings. The van der Waals surface area contributed by atoms with Gasteiger partial charge in [-0.05, 0) is 37.1 Å². The smallest absolute Gasteiger partial charge is 0.312 e. The molecule has 0 aromatic heterocycles. The molecule has 0 saturated carbocycles. The molecule has 0 amide bonds. The summed E-state index contributed by atoms with van der Waals surface area (Å²) in [4.78, 5) is 10.8. The van der Waals surface area contributed by atoms with Crippen LogP contribution in [0.1, 0.15) is 16.7 Å². The summed E-state index contributed by atoms with van der Waals surface area (Å²) >= 11 is 11.9. The molecule has 0 N–H and O–H groups in total. The van der Waals surface area contributed by atoms with Crippen LogP contribution in [0.3, 0.4) is 0 Å². The zero-order chi connectivity index (χ0) is 15.6. The van der Waals surface area contributed by atoms with Crippen molar-refractivity contribution in [3.05, 3.63) is 62.2 Å². The van der Waals surface area contributed by atoms with Crippen LogP contribution in [0.15, 0.2) is 30.3 Å². The van der Waals surface area contributed by atoms with Gasteiger partial charge in [-0.1, -0.05) is 23.7 Å². The fraction of sp³-hybridized carbons (Fsp3) is 0.200. The number of nitro benzene ring substituents is 1. The molecule has 2 aromatic carbocycles. The van der Waals surface area contributed by atoms with Crippen LogP contribution in [0, 0.1) is 24.0 Å². The maximum atomic E-state index is 11.2. The zero-order valence-electron chi connectivity index (χ0n) is 11.5. The fourth-order valence-electron chi connectivity index (χ4n) is 2.07. The molecule has 21 heavy (non-hydrogen) atoms. The lowest BCUT2D eigenvalue weighted by Gasteiger charge is -2.13. The minimum atomic E-state index is -0.458. The number of alkyl halides is 1. The van der Waals surface area contributed by atoms with Gasteiger partial charge in [-0.15, -0.1) is 11.6 Å². The summed E-state index contributed by atoms with van der Waals surface area (Å²) in [6.45, 7) is 3.56. The van der Waals surface area contributed by atoms with Gasteiger partial charge < -0.3 is 4.74 Å². The van der Waals surface area contributed by atoms with Gasteiger partial charge in [0.25, 0.3) is 0 Å². The van der Waals surface area contributed by atoms with Gasteiger partial charge in [0.2, 0.25) is 5.75 Å². The number of nitro groups is 1. The van der Waals surface area contributed by atoms with Gasteiger partial charge >= 0.3 is 5.69 Å². The Kier molecular flexibility index (Phi) is 4.70. The fourth-order valence-corrected chi connectivity index (χ4v) is 2.65. The van der Waals surface area contributed by atoms with Crippen LogP contribution in [0.25, 0.3) is 0 Å². The molecule has 110 valence electrons. The van der Waals surface area contributed by atoms with Gasteiger partial charge in [0.15, 0.2) is 0 Å². The summed E-state index contributed by atoms with van der Waals surface area (Å²) in [5.74, 6) is 0.792. The van der Waals surface area contributed by atoms with E-state index in [1.165, 1.54) is 6.07 Å². The van der Waals surface area contributed by atoms with Crippen LogP contribution in [0.4, 0.5) is 5.69 Å². The lowest BCUT2D eigenvalue weighted by atomic mass is 10.1. The number of halogens is 2. The molecule has 2 rings (SSSR count). The van der Waals surface area contributed by atoms with Gasteiger partial charge in [0, 0.05) is 16.7 Å². The quantitative estimate of drug-likeness (QED) is 0.430. The molecule has 0 aliphatic carbocycles. The van der Waals surface area contributed by atoms with Gasteiger partial charge in [-0.25, -0.2) is 0 Å². The molecule has 2 aromatic rings. The van der Waals surface area contributed by atoms with Gasteiger partial charge in [0.05, 0.1) is 10.8 Å². The Balaban J connectivity index is 2.54. The lowest BCUT2D eigenvalue weighted by Crippen LogP contribution is -1.98. The van der Waals surface area contributed by atoms with E-state index in [0.717, 1.165) is 5.56 Å². The first-order chi connectivity index (χ1) is 9.93. The standard InChI is InChI=1S/C15H13Cl2NO3/c1-9-6-10(2)15(13(7-9)18(19)20)21-14-5-3-4-12(17)11(14)8-16/h3-7H,8H2,1-2H3. The zero-order valence-corrected chi connectivity index (χ0v) is 13.0. The van der Waals surface area contributed by atoms with Crippen molar-refractivity contribution in [2.75, 3.05) is 0 Å². The van der Waals surface area contributed by atoms with E-state index in [1.807, 2.05) is 6.07 Å². The number of hydrogen-bond acceptors (Lipinski definition) is 3. The van der Waals surface area contributed by atoms with E-state index >= 15 is 0 Å². The van der Waals surface area contributed by atoms with Crippen LogP contribution in [0.2, 0.25) is 5.02 Å². The Hall–Kier alpha value is -1.78. The lowest BCUT2D eigenvalue weighted by molar-refractivity contribution is -0.385. The van der Waals surface area contributed by atoms with E-state index in [4.69, 9.17) is 27.9 Å². The van der Waals surface area contributed by atoms with Crippen LogP contribution >= 0.6 is 23.2 Å². The third kappa shape index (κ3) is 3.28. The molecule has 0 unspecified atom stereocenters. The molecule has 0 radical (unpaired) electrons. The van der Waals surface area contributed by atoms with E-state index < -0.39 is 4.92 Å². The number of benzene rings is 2. The van der Waals surface area contributed by atoms with Gasteiger partial charge in [-0.2, -0.15) is 0 Å². The van der Waals surface area contributed by atoms with Crippen molar-refractivity contribution >= 4 is 28.9 Å². The summed E-state index contributed by atoms with van der Waals surface area (Å²) in [7, 11) is 0. The summed E-state index contributed by atoms with van der Waals surface area (Å²) in [6.07, 6.45) is 0. The van der Waals surface area contributed by atoms with Crippen molar-refractivity contribution in [1.82, 2.24) is 0 Å². The summed E-state index contributed by atoms with van der Waals surface area (Å²) in [5.41, 5.74) is 2.01. The van der Waals surface area contributed by atoms with Gasteiger partial charge in [0.1, 0.15) is 5.75 Å². The minimum absolute atomic E-state index is 0.0759. The highest BCUT2D eigenvalue weighted by molar-refractivity contribution is 6.32. The Morgan fingerprint density at radius 2 is 2.00 bits per heavy atom. The maximum absolute atomic E-state index is 11.2. The van der Waals surface area contributed by atoms with E-state index in [1.54, 1.807) is 32.0 Å². The largest absolute Gasteiger partial charge is 0.449 e. The second kappa shape index (κ2) is 6.33. The average Bonchev–Trinajstić information content (AvgIpc) is 2.41. The average molecular weight is 326 g/mol. The Morgan fingerprint density at radius 1 is 1.29 bits per heavy atom. The first-order valence-corrected chi connectivity index (χ1v) is 7.12. The second-order valence-electron chi connectivity index (χ2n) is 4.64. The van der Waals surface area contributed by atoms with E-state index in [2.05, 4.69) is 0 Å². The van der Waals surface area contributed by atoms with Crippen molar-refractivity contribution in [3.63, 3.8) is 0 Å². The van der Waals surface area contributed by atoms with E-state index in [9.17, 15) is 10.1 Å². The Labute approximate surface area is 132 Å². The number of rotatable bonds is 4. The van der Waals surface area contributed by atoms with Crippen molar-refractivity contribution < 1.29 is 9.66 Å². The molecule has 0 bridgehead atoms. The molecule has 0 fully saturated rings. The molecule has 4 nitrogen and oxygen atoms in total. The summed E-state index contributed by atoms with van der Waals surface area (Å²) in [6, 6.07) is 8.40. The molecular formula is C15H13Cl2NO3. The predicted octanol–water partition coefficient (Wildman–Crippen LogP) is 5.40. The van der Waals surface area contributed by atoms with Crippen LogP contribution < -0.4 is 4.74 Å². The van der Waals surface area contributed by atoms with Crippen molar-refractivity contribution in [2.24, 2.45) is 0 Å². The topological polar surface area (TPSA) is 52.4 Å². The maximum Gasteiger partial charge on any atom is 0.312 e.